The largest absolute Gasteiger partial charge is 0.296 e. The van der Waals surface area contributed by atoms with Gasteiger partial charge >= 0.3 is 0 Å². The van der Waals surface area contributed by atoms with Crippen LogP contribution in [0, 0.1) is 5.82 Å². The summed E-state index contributed by atoms with van der Waals surface area (Å²) in [5.74, 6) is -0.227. The third-order valence-corrected chi connectivity index (χ3v) is 7.85. The second-order valence-electron chi connectivity index (χ2n) is 8.63. The molecule has 0 saturated carbocycles. The molecule has 2 saturated heterocycles. The number of rotatable bonds is 4. The number of hydrogen-bond donors (Lipinski definition) is 0. The normalized spacial score (nSPS) is 23.6. The lowest BCUT2D eigenvalue weighted by Gasteiger charge is -2.55. The van der Waals surface area contributed by atoms with Gasteiger partial charge in [-0.15, -0.1) is 0 Å². The fourth-order valence-electron chi connectivity index (χ4n) is 4.61. The SMILES string of the molecule is CC1(C)CN(S(=O)(=O)c2ccccc2)C[C@@H]2CN(Cc3ccc(F)cc3)CCN21. The predicted molar refractivity (Wildman–Crippen MR) is 111 cm³/mol. The molecule has 0 amide bonds. The van der Waals surface area contributed by atoms with E-state index in [0.29, 0.717) is 18.0 Å². The van der Waals surface area contributed by atoms with Crippen LogP contribution in [0.1, 0.15) is 19.4 Å². The molecule has 2 fully saturated rings. The number of piperazine rings is 2. The molecule has 7 heteroatoms. The van der Waals surface area contributed by atoms with Crippen molar-refractivity contribution in [3.8, 4) is 0 Å². The first-order chi connectivity index (χ1) is 13.8. The number of nitrogens with zero attached hydrogens (tertiary/aromatic N) is 3. The van der Waals surface area contributed by atoms with Gasteiger partial charge in [-0.2, -0.15) is 4.31 Å². The monoisotopic (exact) mass is 417 g/mol. The molecule has 0 bridgehead atoms. The highest BCUT2D eigenvalue weighted by Crippen LogP contribution is 2.31. The fraction of sp³-hybridized carbons (Fsp3) is 0.455. The highest BCUT2D eigenvalue weighted by atomic mass is 32.2. The van der Waals surface area contributed by atoms with Crippen LogP contribution in [0.25, 0.3) is 0 Å². The molecule has 2 aliphatic heterocycles. The second kappa shape index (κ2) is 7.80. The first-order valence-electron chi connectivity index (χ1n) is 10.0. The lowest BCUT2D eigenvalue weighted by Crippen LogP contribution is -2.70. The van der Waals surface area contributed by atoms with Crippen LogP contribution in [0.15, 0.2) is 59.5 Å². The summed E-state index contributed by atoms with van der Waals surface area (Å²) < 4.78 is 41.3. The van der Waals surface area contributed by atoms with Crippen molar-refractivity contribution < 1.29 is 12.8 Å². The summed E-state index contributed by atoms with van der Waals surface area (Å²) in [5, 5.41) is 0. The molecule has 29 heavy (non-hydrogen) atoms. The van der Waals surface area contributed by atoms with E-state index in [-0.39, 0.29) is 17.4 Å². The summed E-state index contributed by atoms with van der Waals surface area (Å²) in [6, 6.07) is 15.4. The van der Waals surface area contributed by atoms with Crippen molar-refractivity contribution in [2.45, 2.75) is 36.9 Å². The van der Waals surface area contributed by atoms with Gasteiger partial charge in [-0.25, -0.2) is 12.8 Å². The molecule has 0 spiro atoms. The van der Waals surface area contributed by atoms with Crippen LogP contribution >= 0.6 is 0 Å². The van der Waals surface area contributed by atoms with E-state index in [0.717, 1.165) is 31.7 Å². The molecule has 4 rings (SSSR count). The van der Waals surface area contributed by atoms with Gasteiger partial charge in [0.1, 0.15) is 5.82 Å². The van der Waals surface area contributed by atoms with Gasteiger partial charge in [-0.1, -0.05) is 30.3 Å². The Morgan fingerprint density at radius 1 is 1.00 bits per heavy atom. The minimum absolute atomic E-state index is 0.131. The van der Waals surface area contributed by atoms with Crippen molar-refractivity contribution in [3.05, 3.63) is 66.0 Å². The molecule has 0 unspecified atom stereocenters. The Morgan fingerprint density at radius 2 is 1.69 bits per heavy atom. The molecule has 0 N–H and O–H groups in total. The maximum Gasteiger partial charge on any atom is 0.243 e. The minimum Gasteiger partial charge on any atom is -0.296 e. The van der Waals surface area contributed by atoms with E-state index in [1.807, 2.05) is 18.2 Å². The van der Waals surface area contributed by atoms with Crippen molar-refractivity contribution in [1.82, 2.24) is 14.1 Å². The van der Waals surface area contributed by atoms with E-state index in [4.69, 9.17) is 0 Å². The molecule has 0 radical (unpaired) electrons. The van der Waals surface area contributed by atoms with Gasteiger partial charge in [-0.3, -0.25) is 9.80 Å². The van der Waals surface area contributed by atoms with Gasteiger partial charge in [0, 0.05) is 50.8 Å². The highest BCUT2D eigenvalue weighted by Gasteiger charge is 2.45. The maximum absolute atomic E-state index is 13.2. The van der Waals surface area contributed by atoms with Gasteiger partial charge in [0.2, 0.25) is 10.0 Å². The zero-order chi connectivity index (χ0) is 20.6. The summed E-state index contributed by atoms with van der Waals surface area (Å²) in [6.45, 7) is 8.59. The Morgan fingerprint density at radius 3 is 2.38 bits per heavy atom. The molecule has 2 aromatic carbocycles. The van der Waals surface area contributed by atoms with E-state index in [1.54, 1.807) is 28.6 Å². The highest BCUT2D eigenvalue weighted by molar-refractivity contribution is 7.89. The van der Waals surface area contributed by atoms with Crippen molar-refractivity contribution in [1.29, 1.82) is 0 Å². The Hall–Kier alpha value is -1.80. The van der Waals surface area contributed by atoms with Crippen LogP contribution in [0.4, 0.5) is 4.39 Å². The van der Waals surface area contributed by atoms with Crippen LogP contribution in [0.5, 0.6) is 0 Å². The molecule has 2 heterocycles. The Balaban J connectivity index is 1.52. The van der Waals surface area contributed by atoms with Crippen LogP contribution in [0.2, 0.25) is 0 Å². The third kappa shape index (κ3) is 4.23. The van der Waals surface area contributed by atoms with Gasteiger partial charge in [0.15, 0.2) is 0 Å². The van der Waals surface area contributed by atoms with Gasteiger partial charge in [-0.05, 0) is 43.7 Å². The average molecular weight is 418 g/mol. The fourth-order valence-corrected chi connectivity index (χ4v) is 6.26. The minimum atomic E-state index is -3.52. The van der Waals surface area contributed by atoms with Crippen molar-refractivity contribution in [2.75, 3.05) is 32.7 Å². The van der Waals surface area contributed by atoms with E-state index in [2.05, 4.69) is 23.6 Å². The number of benzene rings is 2. The van der Waals surface area contributed by atoms with E-state index in [9.17, 15) is 12.8 Å². The van der Waals surface area contributed by atoms with E-state index < -0.39 is 10.0 Å². The molecule has 156 valence electrons. The van der Waals surface area contributed by atoms with E-state index >= 15 is 0 Å². The number of fused-ring (bicyclic) bond motifs is 1. The average Bonchev–Trinajstić information content (AvgIpc) is 2.69. The molecule has 2 aliphatic rings. The van der Waals surface area contributed by atoms with Crippen molar-refractivity contribution >= 4 is 10.0 Å². The van der Waals surface area contributed by atoms with Crippen LogP contribution in [-0.2, 0) is 16.6 Å². The molecule has 0 aliphatic carbocycles. The Labute approximate surface area is 172 Å². The number of sulfonamides is 1. The molecule has 0 aromatic heterocycles. The molecule has 1 atom stereocenters. The first-order valence-corrected chi connectivity index (χ1v) is 11.5. The maximum atomic E-state index is 13.2. The summed E-state index contributed by atoms with van der Waals surface area (Å²) in [7, 11) is -3.52. The third-order valence-electron chi connectivity index (χ3n) is 6.02. The standard InChI is InChI=1S/C22H28FN3O2S/c1-22(2)17-25(29(27,28)21-6-4-3-5-7-21)16-20-15-24(12-13-26(20)22)14-18-8-10-19(23)11-9-18/h3-11,20H,12-17H2,1-2H3/t20-/m0/s1. The number of hydrogen-bond acceptors (Lipinski definition) is 4. The van der Waals surface area contributed by atoms with Gasteiger partial charge < -0.3 is 0 Å². The Bertz CT molecular complexity index is 948. The zero-order valence-electron chi connectivity index (χ0n) is 17.0. The number of halogens is 1. The lowest BCUT2D eigenvalue weighted by molar-refractivity contribution is -0.0450. The lowest BCUT2D eigenvalue weighted by atomic mass is 9.94. The van der Waals surface area contributed by atoms with E-state index in [1.165, 1.54) is 12.1 Å². The first kappa shape index (κ1) is 20.5. The second-order valence-corrected chi connectivity index (χ2v) is 10.6. The summed E-state index contributed by atoms with van der Waals surface area (Å²) in [4.78, 5) is 5.14. The summed E-state index contributed by atoms with van der Waals surface area (Å²) in [6.07, 6.45) is 0. The summed E-state index contributed by atoms with van der Waals surface area (Å²) >= 11 is 0. The summed E-state index contributed by atoms with van der Waals surface area (Å²) in [5.41, 5.74) is 0.843. The molecular formula is C22H28FN3O2S. The zero-order valence-corrected chi connectivity index (χ0v) is 17.8. The Kier molecular flexibility index (Phi) is 5.50. The van der Waals surface area contributed by atoms with Crippen molar-refractivity contribution in [3.63, 3.8) is 0 Å². The van der Waals surface area contributed by atoms with Crippen LogP contribution < -0.4 is 0 Å². The predicted octanol–water partition coefficient (Wildman–Crippen LogP) is 2.80. The molecule has 2 aromatic rings. The van der Waals surface area contributed by atoms with Gasteiger partial charge in [0.05, 0.1) is 4.90 Å². The van der Waals surface area contributed by atoms with Crippen LogP contribution in [-0.4, -0.2) is 66.8 Å². The molecular weight excluding hydrogens is 389 g/mol. The van der Waals surface area contributed by atoms with Crippen LogP contribution in [0.3, 0.4) is 0 Å². The quantitative estimate of drug-likeness (QED) is 0.767. The smallest absolute Gasteiger partial charge is 0.243 e. The van der Waals surface area contributed by atoms with Gasteiger partial charge in [0.25, 0.3) is 0 Å². The molecule has 5 nitrogen and oxygen atoms in total. The van der Waals surface area contributed by atoms with Crippen molar-refractivity contribution in [2.24, 2.45) is 0 Å². The topological polar surface area (TPSA) is 43.9 Å².